The number of hydrogen-bond acceptors (Lipinski definition) is 2. The average molecular weight is 369 g/mol. The summed E-state index contributed by atoms with van der Waals surface area (Å²) >= 11 is 0. The van der Waals surface area contributed by atoms with Crippen molar-refractivity contribution in [3.8, 4) is 11.3 Å². The van der Waals surface area contributed by atoms with Crippen LogP contribution >= 0.6 is 0 Å². The molecule has 0 radical (unpaired) electrons. The van der Waals surface area contributed by atoms with Crippen molar-refractivity contribution in [2.75, 3.05) is 0 Å². The van der Waals surface area contributed by atoms with Crippen LogP contribution in [-0.4, -0.2) is 14.8 Å². The van der Waals surface area contributed by atoms with Crippen molar-refractivity contribution < 1.29 is 13.2 Å². The van der Waals surface area contributed by atoms with E-state index in [9.17, 15) is 13.2 Å². The van der Waals surface area contributed by atoms with Gasteiger partial charge in [-0.3, -0.25) is 0 Å². The van der Waals surface area contributed by atoms with Gasteiger partial charge in [-0.2, -0.15) is 18.3 Å². The molecule has 0 amide bonds. The molecule has 0 saturated heterocycles. The van der Waals surface area contributed by atoms with E-state index >= 15 is 0 Å². The Hall–Kier alpha value is -2.89. The minimum Gasteiger partial charge on any atom is -0.247 e. The molecular weight excluding hydrogens is 351 g/mol. The smallest absolute Gasteiger partial charge is 0.247 e. The van der Waals surface area contributed by atoms with Crippen LogP contribution in [0.1, 0.15) is 24.6 Å². The van der Waals surface area contributed by atoms with Crippen molar-refractivity contribution in [3.05, 3.63) is 59.8 Å². The summed E-state index contributed by atoms with van der Waals surface area (Å²) in [5.41, 5.74) is 0.941. The average Bonchev–Trinajstić information content (AvgIpc) is 2.96. The number of hydrogen-bond donors (Lipinski definition) is 0. The summed E-state index contributed by atoms with van der Waals surface area (Å²) in [7, 11) is 0. The molecule has 6 heteroatoms. The highest BCUT2D eigenvalue weighted by molar-refractivity contribution is 5.97. The normalized spacial score (nSPS) is 12.2. The molecule has 0 atom stereocenters. The highest BCUT2D eigenvalue weighted by Crippen LogP contribution is 2.39. The maximum absolute atomic E-state index is 13.8. The number of halogens is 3. The summed E-state index contributed by atoms with van der Waals surface area (Å²) in [6.45, 7) is 4.08. The van der Waals surface area contributed by atoms with Gasteiger partial charge in [0.2, 0.25) is 0 Å². The first kappa shape index (κ1) is 17.5. The molecule has 0 aliphatic carbocycles. The Morgan fingerprint density at radius 3 is 2.52 bits per heavy atom. The maximum atomic E-state index is 13.8. The standard InChI is InChI=1S/C21H18F3N3/c1-3-11-27-20-19(13(2)26-27)17(21(22,23)24)12-18(25-20)16-10-6-8-14-7-4-5-9-15(14)16/h4-10,12H,3,11H2,1-2H3. The van der Waals surface area contributed by atoms with E-state index in [0.717, 1.165) is 23.3 Å². The summed E-state index contributed by atoms with van der Waals surface area (Å²) in [4.78, 5) is 4.61. The van der Waals surface area contributed by atoms with E-state index < -0.39 is 11.7 Å². The predicted octanol–water partition coefficient (Wildman–Crippen LogP) is 5.99. The number of aromatic nitrogens is 3. The summed E-state index contributed by atoms with van der Waals surface area (Å²) in [5, 5.41) is 6.22. The van der Waals surface area contributed by atoms with Crippen LogP contribution in [0, 0.1) is 6.92 Å². The van der Waals surface area contributed by atoms with E-state index in [4.69, 9.17) is 0 Å². The van der Waals surface area contributed by atoms with E-state index in [1.54, 1.807) is 11.6 Å². The van der Waals surface area contributed by atoms with Crippen molar-refractivity contribution in [1.82, 2.24) is 14.8 Å². The van der Waals surface area contributed by atoms with E-state index in [1.165, 1.54) is 0 Å². The number of fused-ring (bicyclic) bond motifs is 2. The zero-order valence-electron chi connectivity index (χ0n) is 15.0. The molecule has 0 N–H and O–H groups in total. The molecule has 0 aliphatic rings. The van der Waals surface area contributed by atoms with Crippen molar-refractivity contribution in [3.63, 3.8) is 0 Å². The van der Waals surface area contributed by atoms with Gasteiger partial charge < -0.3 is 0 Å². The van der Waals surface area contributed by atoms with Crippen LogP contribution < -0.4 is 0 Å². The predicted molar refractivity (Wildman–Crippen MR) is 101 cm³/mol. The van der Waals surface area contributed by atoms with E-state index in [-0.39, 0.29) is 11.0 Å². The molecule has 3 nitrogen and oxygen atoms in total. The number of aryl methyl sites for hydroxylation is 2. The Kier molecular flexibility index (Phi) is 4.13. The largest absolute Gasteiger partial charge is 0.417 e. The third-order valence-electron chi connectivity index (χ3n) is 4.68. The molecule has 27 heavy (non-hydrogen) atoms. The van der Waals surface area contributed by atoms with Crippen LogP contribution in [0.3, 0.4) is 0 Å². The fourth-order valence-electron chi connectivity index (χ4n) is 3.53. The quantitative estimate of drug-likeness (QED) is 0.444. The Morgan fingerprint density at radius 2 is 1.78 bits per heavy atom. The molecule has 0 saturated carbocycles. The molecule has 0 fully saturated rings. The van der Waals surface area contributed by atoms with Gasteiger partial charge in [-0.05, 0) is 30.2 Å². The Morgan fingerprint density at radius 1 is 1.04 bits per heavy atom. The molecule has 0 bridgehead atoms. The van der Waals surface area contributed by atoms with Gasteiger partial charge in [-0.1, -0.05) is 49.4 Å². The second-order valence-electron chi connectivity index (χ2n) is 6.59. The number of nitrogens with zero attached hydrogens (tertiary/aromatic N) is 3. The first-order chi connectivity index (χ1) is 12.9. The van der Waals surface area contributed by atoms with Crippen LogP contribution in [-0.2, 0) is 12.7 Å². The fraction of sp³-hybridized carbons (Fsp3) is 0.238. The number of rotatable bonds is 3. The highest BCUT2D eigenvalue weighted by atomic mass is 19.4. The molecule has 2 heterocycles. The fourth-order valence-corrected chi connectivity index (χ4v) is 3.53. The van der Waals surface area contributed by atoms with Crippen LogP contribution in [0.2, 0.25) is 0 Å². The molecule has 4 rings (SSSR count). The summed E-state index contributed by atoms with van der Waals surface area (Å²) in [6.07, 6.45) is -3.72. The minimum absolute atomic E-state index is 0.0833. The molecule has 0 aliphatic heterocycles. The SMILES string of the molecule is CCCn1nc(C)c2c(C(F)(F)F)cc(-c3cccc4ccccc34)nc21. The van der Waals surface area contributed by atoms with E-state index in [1.807, 2.05) is 49.4 Å². The number of benzene rings is 2. The molecule has 0 spiro atoms. The lowest BCUT2D eigenvalue weighted by Crippen LogP contribution is -2.08. The molecule has 2 aromatic carbocycles. The van der Waals surface area contributed by atoms with Crippen molar-refractivity contribution in [2.24, 2.45) is 0 Å². The monoisotopic (exact) mass is 369 g/mol. The first-order valence-corrected chi connectivity index (χ1v) is 8.83. The molecule has 138 valence electrons. The van der Waals surface area contributed by atoms with E-state index in [2.05, 4.69) is 10.1 Å². The molecule has 0 unspecified atom stereocenters. The summed E-state index contributed by atoms with van der Waals surface area (Å²) in [6, 6.07) is 14.4. The van der Waals surface area contributed by atoms with Gasteiger partial charge in [0.15, 0.2) is 5.65 Å². The highest BCUT2D eigenvalue weighted by Gasteiger charge is 2.35. The van der Waals surface area contributed by atoms with Gasteiger partial charge >= 0.3 is 6.18 Å². The Balaban J connectivity index is 2.08. The van der Waals surface area contributed by atoms with Gasteiger partial charge in [0.05, 0.1) is 22.3 Å². The lowest BCUT2D eigenvalue weighted by molar-refractivity contribution is -0.136. The van der Waals surface area contributed by atoms with Crippen LogP contribution in [0.5, 0.6) is 0 Å². The molecular formula is C21H18F3N3. The third-order valence-corrected chi connectivity index (χ3v) is 4.68. The van der Waals surface area contributed by atoms with Gasteiger partial charge in [-0.25, -0.2) is 9.67 Å². The first-order valence-electron chi connectivity index (χ1n) is 8.83. The lowest BCUT2D eigenvalue weighted by Gasteiger charge is -2.13. The van der Waals surface area contributed by atoms with Gasteiger partial charge in [-0.15, -0.1) is 0 Å². The summed E-state index contributed by atoms with van der Waals surface area (Å²) in [5.74, 6) is 0. The van der Waals surface area contributed by atoms with Crippen molar-refractivity contribution in [1.29, 1.82) is 0 Å². The zero-order chi connectivity index (χ0) is 19.2. The Labute approximate surface area is 154 Å². The van der Waals surface area contributed by atoms with Gasteiger partial charge in [0, 0.05) is 12.1 Å². The second kappa shape index (κ2) is 6.37. The zero-order valence-corrected chi connectivity index (χ0v) is 15.0. The van der Waals surface area contributed by atoms with Crippen molar-refractivity contribution >= 4 is 21.8 Å². The van der Waals surface area contributed by atoms with Crippen molar-refractivity contribution in [2.45, 2.75) is 33.0 Å². The van der Waals surface area contributed by atoms with E-state index in [0.29, 0.717) is 23.5 Å². The van der Waals surface area contributed by atoms with Gasteiger partial charge in [0.25, 0.3) is 0 Å². The molecule has 2 aromatic heterocycles. The topological polar surface area (TPSA) is 30.7 Å². The van der Waals surface area contributed by atoms with Crippen LogP contribution in [0.25, 0.3) is 33.1 Å². The second-order valence-corrected chi connectivity index (χ2v) is 6.59. The van der Waals surface area contributed by atoms with Gasteiger partial charge in [0.1, 0.15) is 0 Å². The summed E-state index contributed by atoms with van der Waals surface area (Å²) < 4.78 is 43.1. The number of alkyl halides is 3. The lowest BCUT2D eigenvalue weighted by atomic mass is 9.99. The maximum Gasteiger partial charge on any atom is 0.417 e. The van der Waals surface area contributed by atoms with Crippen LogP contribution in [0.15, 0.2) is 48.5 Å². The third kappa shape index (κ3) is 2.95. The minimum atomic E-state index is -4.48. The molecule has 4 aromatic rings. The van der Waals surface area contributed by atoms with Crippen LogP contribution in [0.4, 0.5) is 13.2 Å². The Bertz CT molecular complexity index is 1140. The number of pyridine rings is 1.